The van der Waals surface area contributed by atoms with E-state index in [0.29, 0.717) is 37.9 Å². The van der Waals surface area contributed by atoms with Crippen molar-refractivity contribution >= 4 is 5.95 Å². The normalized spacial score (nSPS) is 16.5. The Hall–Kier alpha value is -3.92. The van der Waals surface area contributed by atoms with Crippen LogP contribution in [-0.2, 0) is 11.8 Å². The van der Waals surface area contributed by atoms with Crippen LogP contribution < -0.4 is 10.5 Å². The lowest BCUT2D eigenvalue weighted by Gasteiger charge is -2.23. The van der Waals surface area contributed by atoms with Crippen LogP contribution in [0.5, 0.6) is 0 Å². The summed E-state index contributed by atoms with van der Waals surface area (Å²) >= 11 is 0. The zero-order valence-electron chi connectivity index (χ0n) is 17.9. The van der Waals surface area contributed by atoms with Gasteiger partial charge in [0.1, 0.15) is 0 Å². The van der Waals surface area contributed by atoms with E-state index in [0.717, 1.165) is 17.3 Å². The highest BCUT2D eigenvalue weighted by molar-refractivity contribution is 5.60. The van der Waals surface area contributed by atoms with Gasteiger partial charge in [-0.3, -0.25) is 14.3 Å². The Labute approximate surface area is 188 Å². The van der Waals surface area contributed by atoms with Crippen LogP contribution >= 0.6 is 0 Å². The van der Waals surface area contributed by atoms with Crippen LogP contribution in [-0.4, -0.2) is 44.4 Å². The average Bonchev–Trinajstić information content (AvgIpc) is 3.26. The highest BCUT2D eigenvalue weighted by Gasteiger charge is 2.23. The molecular weight excluding hydrogens is 427 g/mol. The maximum absolute atomic E-state index is 14.2. The monoisotopic (exact) mass is 448 g/mol. The number of pyridine rings is 1. The van der Waals surface area contributed by atoms with Crippen LogP contribution in [0, 0.1) is 5.82 Å². The molecule has 0 amide bonds. The Bertz CT molecular complexity index is 1310. The molecular formula is C23H21FN6O3. The van der Waals surface area contributed by atoms with Crippen molar-refractivity contribution in [3.8, 4) is 22.6 Å². The van der Waals surface area contributed by atoms with Crippen molar-refractivity contribution in [2.24, 2.45) is 7.05 Å². The number of hydrogen-bond acceptors (Lipinski definition) is 8. The molecule has 4 aromatic rings. The molecule has 0 N–H and O–H groups in total. The number of rotatable bonds is 4. The summed E-state index contributed by atoms with van der Waals surface area (Å²) in [4.78, 5) is 27.0. The number of halogens is 1. The molecule has 4 heterocycles. The van der Waals surface area contributed by atoms with Crippen molar-refractivity contribution < 1.29 is 13.7 Å². The summed E-state index contributed by atoms with van der Waals surface area (Å²) in [6, 6.07) is 10.7. The van der Waals surface area contributed by atoms with Crippen LogP contribution in [0.1, 0.15) is 18.1 Å². The summed E-state index contributed by atoms with van der Waals surface area (Å²) in [6.07, 6.45) is 4.48. The van der Waals surface area contributed by atoms with Gasteiger partial charge < -0.3 is 14.2 Å². The van der Waals surface area contributed by atoms with E-state index in [1.54, 1.807) is 7.05 Å². The first-order chi connectivity index (χ1) is 16.1. The molecule has 1 aliphatic heterocycles. The van der Waals surface area contributed by atoms with E-state index < -0.39 is 5.82 Å². The van der Waals surface area contributed by atoms with Crippen molar-refractivity contribution in [3.05, 3.63) is 76.9 Å². The predicted octanol–water partition coefficient (Wildman–Crippen LogP) is 3.00. The van der Waals surface area contributed by atoms with E-state index in [9.17, 15) is 9.18 Å². The fourth-order valence-electron chi connectivity index (χ4n) is 3.91. The Morgan fingerprint density at radius 1 is 1.15 bits per heavy atom. The molecule has 1 saturated heterocycles. The first-order valence-electron chi connectivity index (χ1n) is 10.5. The molecule has 33 heavy (non-hydrogen) atoms. The minimum absolute atomic E-state index is 0.104. The van der Waals surface area contributed by atoms with Crippen LogP contribution in [0.25, 0.3) is 22.6 Å². The van der Waals surface area contributed by atoms with Crippen molar-refractivity contribution in [2.75, 3.05) is 24.6 Å². The third-order valence-corrected chi connectivity index (χ3v) is 5.69. The van der Waals surface area contributed by atoms with Crippen LogP contribution in [0.4, 0.5) is 10.3 Å². The van der Waals surface area contributed by atoms with Crippen molar-refractivity contribution in [1.29, 1.82) is 0 Å². The standard InChI is InChI=1S/C23H21FN6O3/c1-29-21(31)12-19(17-6-8-25-13-18(17)24)27-23(29)30-9-7-20(32-11-10-30)15-2-4-16(5-3-15)22-26-14-33-28-22/h2-6,8,12-14,20H,7,9-11H2,1H3. The van der Waals surface area contributed by atoms with Gasteiger partial charge >= 0.3 is 0 Å². The molecule has 0 spiro atoms. The van der Waals surface area contributed by atoms with Gasteiger partial charge in [-0.25, -0.2) is 9.37 Å². The van der Waals surface area contributed by atoms with Crippen molar-refractivity contribution in [3.63, 3.8) is 0 Å². The molecule has 1 atom stereocenters. The molecule has 0 bridgehead atoms. The summed E-state index contributed by atoms with van der Waals surface area (Å²) in [5.74, 6) is 0.491. The van der Waals surface area contributed by atoms with Gasteiger partial charge in [0, 0.05) is 43.5 Å². The van der Waals surface area contributed by atoms with Crippen molar-refractivity contribution in [1.82, 2.24) is 24.7 Å². The molecule has 0 aliphatic carbocycles. The molecule has 1 fully saturated rings. The lowest BCUT2D eigenvalue weighted by atomic mass is 10.0. The molecule has 0 radical (unpaired) electrons. The Balaban J connectivity index is 1.37. The first-order valence-corrected chi connectivity index (χ1v) is 10.5. The Morgan fingerprint density at radius 2 is 2.00 bits per heavy atom. The molecule has 3 aromatic heterocycles. The highest BCUT2D eigenvalue weighted by Crippen LogP contribution is 2.28. The van der Waals surface area contributed by atoms with Gasteiger partial charge in [-0.1, -0.05) is 29.4 Å². The van der Waals surface area contributed by atoms with Crippen LogP contribution in [0.15, 0.2) is 64.5 Å². The van der Waals surface area contributed by atoms with Gasteiger partial charge in [-0.2, -0.15) is 4.98 Å². The quantitative estimate of drug-likeness (QED) is 0.470. The molecule has 1 aromatic carbocycles. The second kappa shape index (κ2) is 8.91. The minimum atomic E-state index is -0.521. The number of nitrogens with zero attached hydrogens (tertiary/aromatic N) is 6. The molecule has 1 unspecified atom stereocenters. The van der Waals surface area contributed by atoms with Gasteiger partial charge in [0.15, 0.2) is 5.82 Å². The molecule has 10 heteroatoms. The molecule has 0 saturated carbocycles. The maximum atomic E-state index is 14.2. The molecule has 1 aliphatic rings. The smallest absolute Gasteiger partial charge is 0.255 e. The van der Waals surface area contributed by atoms with E-state index in [-0.39, 0.29) is 22.9 Å². The zero-order valence-corrected chi connectivity index (χ0v) is 17.9. The molecule has 9 nitrogen and oxygen atoms in total. The minimum Gasteiger partial charge on any atom is -0.372 e. The second-order valence-corrected chi connectivity index (χ2v) is 7.71. The zero-order chi connectivity index (χ0) is 22.8. The molecule has 5 rings (SSSR count). The van der Waals surface area contributed by atoms with Gasteiger partial charge in [-0.05, 0) is 18.1 Å². The third-order valence-electron chi connectivity index (χ3n) is 5.69. The van der Waals surface area contributed by atoms with Gasteiger partial charge in [-0.15, -0.1) is 0 Å². The number of hydrogen-bond donors (Lipinski definition) is 0. The van der Waals surface area contributed by atoms with E-state index in [4.69, 9.17) is 9.26 Å². The Kier molecular flexibility index (Phi) is 5.66. The largest absolute Gasteiger partial charge is 0.372 e. The van der Waals surface area contributed by atoms with Gasteiger partial charge in [0.05, 0.1) is 24.6 Å². The number of anilines is 1. The SMILES string of the molecule is Cn1c(N2CCOC(c3ccc(-c4ncon4)cc3)CC2)nc(-c2ccncc2F)cc1=O. The van der Waals surface area contributed by atoms with Crippen LogP contribution in [0.3, 0.4) is 0 Å². The van der Waals surface area contributed by atoms with E-state index in [2.05, 4.69) is 20.1 Å². The van der Waals surface area contributed by atoms with Gasteiger partial charge in [0.25, 0.3) is 5.56 Å². The molecule has 168 valence electrons. The average molecular weight is 448 g/mol. The van der Waals surface area contributed by atoms with E-state index in [1.165, 1.54) is 29.3 Å². The summed E-state index contributed by atoms with van der Waals surface area (Å²) in [7, 11) is 1.66. The summed E-state index contributed by atoms with van der Waals surface area (Å²) < 4.78 is 26.6. The lowest BCUT2D eigenvalue weighted by molar-refractivity contribution is 0.0647. The van der Waals surface area contributed by atoms with Gasteiger partial charge in [0.2, 0.25) is 18.2 Å². The third kappa shape index (κ3) is 4.24. The van der Waals surface area contributed by atoms with E-state index >= 15 is 0 Å². The fraction of sp³-hybridized carbons (Fsp3) is 0.261. The number of aromatic nitrogens is 5. The summed E-state index contributed by atoms with van der Waals surface area (Å²) in [6.45, 7) is 1.64. The number of ether oxygens (including phenoxy) is 1. The predicted molar refractivity (Wildman–Crippen MR) is 118 cm³/mol. The topological polar surface area (TPSA) is 99.2 Å². The number of benzene rings is 1. The van der Waals surface area contributed by atoms with E-state index in [1.807, 2.05) is 29.2 Å². The maximum Gasteiger partial charge on any atom is 0.255 e. The van der Waals surface area contributed by atoms with Crippen molar-refractivity contribution in [2.45, 2.75) is 12.5 Å². The lowest BCUT2D eigenvalue weighted by Crippen LogP contribution is -2.33. The summed E-state index contributed by atoms with van der Waals surface area (Å²) in [5, 5.41) is 3.85. The van der Waals surface area contributed by atoms with Crippen LogP contribution in [0.2, 0.25) is 0 Å². The first kappa shape index (κ1) is 21.0. The second-order valence-electron chi connectivity index (χ2n) is 7.71. The summed E-state index contributed by atoms with van der Waals surface area (Å²) in [5.41, 5.74) is 2.17. The fourth-order valence-corrected chi connectivity index (χ4v) is 3.91. The highest BCUT2D eigenvalue weighted by atomic mass is 19.1. The Morgan fingerprint density at radius 3 is 2.76 bits per heavy atom.